The maximum absolute atomic E-state index is 13.1. The number of hydrogen-bond acceptors (Lipinski definition) is 7. The van der Waals surface area contributed by atoms with Gasteiger partial charge in [0.05, 0.1) is 13.4 Å². The molecule has 3 atom stereocenters. The molecule has 1 aromatic heterocycles. The number of aromatic nitrogens is 1. The van der Waals surface area contributed by atoms with Gasteiger partial charge in [-0.25, -0.2) is 0 Å². The molecule has 2 aromatic rings. The first-order chi connectivity index (χ1) is 14.2. The topological polar surface area (TPSA) is 98.2 Å². The minimum Gasteiger partial charge on any atom is -0.491 e. The van der Waals surface area contributed by atoms with Crippen LogP contribution in [0.2, 0.25) is 0 Å². The van der Waals surface area contributed by atoms with Gasteiger partial charge in [0, 0.05) is 19.3 Å². The third kappa shape index (κ3) is 3.27. The molecule has 9 nitrogen and oxygen atoms in total. The van der Waals surface area contributed by atoms with Crippen molar-refractivity contribution in [1.82, 2.24) is 9.58 Å². The van der Waals surface area contributed by atoms with E-state index in [0.29, 0.717) is 0 Å². The highest BCUT2D eigenvalue weighted by atomic mass is 32.2. The number of hydrogen-bond donors (Lipinski definition) is 0. The highest BCUT2D eigenvalue weighted by Crippen LogP contribution is 2.37. The quantitative estimate of drug-likeness (QED) is 0.523. The summed E-state index contributed by atoms with van der Waals surface area (Å²) in [5.41, 5.74) is 0.432. The van der Waals surface area contributed by atoms with E-state index >= 15 is 0 Å². The van der Waals surface area contributed by atoms with Crippen LogP contribution in [0.15, 0.2) is 59.5 Å². The van der Waals surface area contributed by atoms with Gasteiger partial charge in [-0.2, -0.15) is 8.42 Å². The maximum atomic E-state index is 13.1. The molecule has 10 heteroatoms. The summed E-state index contributed by atoms with van der Waals surface area (Å²) in [5, 5.41) is 1.81. The van der Waals surface area contributed by atoms with E-state index in [1.807, 2.05) is 35.3 Å². The fourth-order valence-corrected chi connectivity index (χ4v) is 4.52. The van der Waals surface area contributed by atoms with Crippen LogP contribution in [0.3, 0.4) is 0 Å². The summed E-state index contributed by atoms with van der Waals surface area (Å²) in [6, 6.07) is 9.96. The molecule has 0 aliphatic carbocycles. The van der Waals surface area contributed by atoms with Crippen molar-refractivity contribution < 1.29 is 22.1 Å². The summed E-state index contributed by atoms with van der Waals surface area (Å²) in [5.74, 6) is -0.459. The highest BCUT2D eigenvalue weighted by molar-refractivity contribution is 7.86. The summed E-state index contributed by atoms with van der Waals surface area (Å²) in [7, 11) is -0.820. The van der Waals surface area contributed by atoms with Crippen molar-refractivity contribution >= 4 is 16.0 Å². The molecule has 1 aromatic carbocycles. The standard InChI is InChI=1S/C20H21N3O6S/c1-21-16-10-9-15(29-30(3,26)27)17(13-7-5-4-6-8-13)23(16)22-12-11-14(24)19(28-2)18(22)20(21)25/h4-12,15-17H,1-3H3/t15?,16-,17+/m0/s1. The van der Waals surface area contributed by atoms with E-state index in [0.717, 1.165) is 11.8 Å². The van der Waals surface area contributed by atoms with E-state index in [1.54, 1.807) is 23.9 Å². The zero-order valence-electron chi connectivity index (χ0n) is 16.6. The summed E-state index contributed by atoms with van der Waals surface area (Å²) in [6.45, 7) is 0. The van der Waals surface area contributed by atoms with Crippen LogP contribution >= 0.6 is 0 Å². The van der Waals surface area contributed by atoms with Crippen LogP contribution in [0, 0.1) is 0 Å². The molecule has 0 saturated heterocycles. The average molecular weight is 431 g/mol. The fourth-order valence-electron chi connectivity index (χ4n) is 3.95. The molecule has 0 spiro atoms. The predicted molar refractivity (Wildman–Crippen MR) is 109 cm³/mol. The second kappa shape index (κ2) is 7.29. The molecule has 1 unspecified atom stereocenters. The lowest BCUT2D eigenvalue weighted by atomic mass is 9.96. The third-order valence-electron chi connectivity index (χ3n) is 5.17. The molecule has 0 radical (unpaired) electrons. The molecule has 0 saturated carbocycles. The number of fused-ring (bicyclic) bond motifs is 3. The Morgan fingerprint density at radius 1 is 1.03 bits per heavy atom. The number of ether oxygens (including phenoxy) is 1. The number of nitrogens with zero attached hydrogens (tertiary/aromatic N) is 3. The molecule has 30 heavy (non-hydrogen) atoms. The summed E-state index contributed by atoms with van der Waals surface area (Å²) >= 11 is 0. The Labute approximate surface area is 173 Å². The van der Waals surface area contributed by atoms with Gasteiger partial charge in [-0.15, -0.1) is 0 Å². The van der Waals surface area contributed by atoms with Gasteiger partial charge in [-0.3, -0.25) is 23.5 Å². The first-order valence-electron chi connectivity index (χ1n) is 9.20. The van der Waals surface area contributed by atoms with Crippen LogP contribution in [0.1, 0.15) is 22.1 Å². The lowest BCUT2D eigenvalue weighted by Crippen LogP contribution is -2.63. The van der Waals surface area contributed by atoms with E-state index < -0.39 is 33.9 Å². The highest BCUT2D eigenvalue weighted by Gasteiger charge is 2.45. The van der Waals surface area contributed by atoms with Gasteiger partial charge >= 0.3 is 0 Å². The Kier molecular flexibility index (Phi) is 4.91. The van der Waals surface area contributed by atoms with Crippen LogP contribution in [-0.4, -0.2) is 56.6 Å². The summed E-state index contributed by atoms with van der Waals surface area (Å²) < 4.78 is 36.0. The van der Waals surface area contributed by atoms with Crippen molar-refractivity contribution in [2.75, 3.05) is 25.4 Å². The van der Waals surface area contributed by atoms with Crippen LogP contribution in [0.4, 0.5) is 0 Å². The van der Waals surface area contributed by atoms with Gasteiger partial charge < -0.3 is 9.64 Å². The van der Waals surface area contributed by atoms with Crippen LogP contribution < -0.4 is 15.2 Å². The number of pyridine rings is 1. The molecule has 0 bridgehead atoms. The number of carbonyl (C=O) groups excluding carboxylic acids is 1. The zero-order chi connectivity index (χ0) is 21.6. The zero-order valence-corrected chi connectivity index (χ0v) is 17.4. The normalized spacial score (nSPS) is 23.2. The van der Waals surface area contributed by atoms with Gasteiger partial charge in [0.15, 0.2) is 11.4 Å². The number of rotatable bonds is 4. The van der Waals surface area contributed by atoms with E-state index in [9.17, 15) is 18.0 Å². The minimum atomic E-state index is -3.77. The Morgan fingerprint density at radius 2 is 1.73 bits per heavy atom. The van der Waals surface area contributed by atoms with E-state index in [1.165, 1.54) is 24.3 Å². The Morgan fingerprint density at radius 3 is 2.37 bits per heavy atom. The SMILES string of the molecule is COc1c2n(ccc1=O)N1[C@H](c3ccccc3)C(OS(C)(=O)=O)C=C[C@H]1N(C)C2=O. The smallest absolute Gasteiger partial charge is 0.278 e. The van der Waals surface area contributed by atoms with Crippen LogP contribution in [0.25, 0.3) is 0 Å². The minimum absolute atomic E-state index is 0.0677. The van der Waals surface area contributed by atoms with Crippen LogP contribution in [0.5, 0.6) is 5.75 Å². The van der Waals surface area contributed by atoms with Crippen molar-refractivity contribution in [3.63, 3.8) is 0 Å². The van der Waals surface area contributed by atoms with Gasteiger partial charge in [0.2, 0.25) is 5.43 Å². The first-order valence-corrected chi connectivity index (χ1v) is 11.0. The van der Waals surface area contributed by atoms with Crippen molar-refractivity contribution in [1.29, 1.82) is 0 Å². The maximum Gasteiger partial charge on any atom is 0.278 e. The van der Waals surface area contributed by atoms with Gasteiger partial charge in [-0.05, 0) is 11.6 Å². The monoisotopic (exact) mass is 431 g/mol. The Balaban J connectivity index is 1.97. The van der Waals surface area contributed by atoms with E-state index in [4.69, 9.17) is 8.92 Å². The molecule has 2 aliphatic rings. The lowest BCUT2D eigenvalue weighted by Gasteiger charge is -2.51. The molecule has 4 rings (SSSR count). The van der Waals surface area contributed by atoms with Crippen molar-refractivity contribution in [3.05, 3.63) is 76.2 Å². The number of methoxy groups -OCH3 is 1. The Hall–Kier alpha value is -3.11. The molecular weight excluding hydrogens is 410 g/mol. The number of carbonyl (C=O) groups is 1. The number of benzene rings is 1. The fraction of sp³-hybridized carbons (Fsp3) is 0.300. The number of amides is 1. The molecule has 0 fully saturated rings. The summed E-state index contributed by atoms with van der Waals surface area (Å²) in [4.78, 5) is 26.8. The van der Waals surface area contributed by atoms with Gasteiger partial charge in [-0.1, -0.05) is 36.4 Å². The summed E-state index contributed by atoms with van der Waals surface area (Å²) in [6.07, 6.45) is 4.47. The molecule has 158 valence electrons. The largest absolute Gasteiger partial charge is 0.491 e. The van der Waals surface area contributed by atoms with E-state index in [2.05, 4.69) is 0 Å². The first kappa shape index (κ1) is 20.2. The van der Waals surface area contributed by atoms with Crippen LogP contribution in [-0.2, 0) is 14.3 Å². The van der Waals surface area contributed by atoms with Crippen molar-refractivity contribution in [2.24, 2.45) is 0 Å². The average Bonchev–Trinajstić information content (AvgIpc) is 2.71. The second-order valence-electron chi connectivity index (χ2n) is 7.12. The molecule has 1 amide bonds. The Bertz CT molecular complexity index is 1170. The molecule has 3 heterocycles. The number of likely N-dealkylation sites (N-methyl/N-ethyl adjacent to an activating group) is 1. The second-order valence-corrected chi connectivity index (χ2v) is 8.72. The van der Waals surface area contributed by atoms with E-state index in [-0.39, 0.29) is 17.4 Å². The lowest BCUT2D eigenvalue weighted by molar-refractivity contribution is 0.0610. The molecule has 0 N–H and O–H groups in total. The van der Waals surface area contributed by atoms with Crippen molar-refractivity contribution in [2.45, 2.75) is 18.3 Å². The van der Waals surface area contributed by atoms with Gasteiger partial charge in [0.1, 0.15) is 18.3 Å². The molecular formula is C20H21N3O6S. The third-order valence-corrected chi connectivity index (χ3v) is 5.75. The van der Waals surface area contributed by atoms with Crippen molar-refractivity contribution in [3.8, 4) is 5.75 Å². The molecule has 2 aliphatic heterocycles. The van der Waals surface area contributed by atoms with Gasteiger partial charge in [0.25, 0.3) is 16.0 Å². The predicted octanol–water partition coefficient (Wildman–Crippen LogP) is 0.863.